The van der Waals surface area contributed by atoms with Crippen LogP contribution in [0.15, 0.2) is 77.4 Å². The number of hydrogen-bond acceptors (Lipinski definition) is 9. The average Bonchev–Trinajstić information content (AvgIpc) is 3.55. The highest BCUT2D eigenvalue weighted by atomic mass is 35.5. The lowest BCUT2D eigenvalue weighted by atomic mass is 10.0. The molecule has 5 aromatic rings. The first-order chi connectivity index (χ1) is 22.5. The van der Waals surface area contributed by atoms with Gasteiger partial charge in [0.2, 0.25) is 0 Å². The van der Waals surface area contributed by atoms with Crippen molar-refractivity contribution < 1.29 is 23.9 Å². The van der Waals surface area contributed by atoms with Crippen molar-refractivity contribution in [3.05, 3.63) is 99.5 Å². The van der Waals surface area contributed by atoms with Gasteiger partial charge >= 0.3 is 0 Å². The van der Waals surface area contributed by atoms with E-state index in [2.05, 4.69) is 15.2 Å². The van der Waals surface area contributed by atoms with Crippen LogP contribution in [0.3, 0.4) is 0 Å². The van der Waals surface area contributed by atoms with E-state index >= 15 is 0 Å². The fourth-order valence-corrected chi connectivity index (χ4v) is 6.03. The standard InChI is InChI=1S/C35H36Cl2N4O5/c36-30-18-26(20-38)33(44-21-23-8-9-31-32(16-23)40-46-39-31)19-34(30)45-22-25-5-2-7-29(35(25)37)24-4-1-6-28(17-24)43-15-3-12-41-13-10-27(42)11-14-41/h1-2,4-9,16-19,27,42H,3,10-15,20-22,38H2. The summed E-state index contributed by atoms with van der Waals surface area (Å²) in [5.41, 5.74) is 11.6. The Kier molecular flexibility index (Phi) is 10.6. The van der Waals surface area contributed by atoms with Crippen LogP contribution in [0.25, 0.3) is 22.2 Å². The highest BCUT2D eigenvalue weighted by Crippen LogP contribution is 2.36. The van der Waals surface area contributed by atoms with Crippen LogP contribution in [0.2, 0.25) is 10.0 Å². The van der Waals surface area contributed by atoms with Gasteiger partial charge < -0.3 is 30.0 Å². The molecule has 1 aliphatic heterocycles. The second-order valence-corrected chi connectivity index (χ2v) is 12.1. The normalized spacial score (nSPS) is 14.1. The van der Waals surface area contributed by atoms with Crippen molar-refractivity contribution in [2.75, 3.05) is 26.2 Å². The summed E-state index contributed by atoms with van der Waals surface area (Å²) >= 11 is 13.5. The summed E-state index contributed by atoms with van der Waals surface area (Å²) in [6, 6.07) is 22.9. The molecule has 46 heavy (non-hydrogen) atoms. The molecule has 1 aliphatic rings. The molecule has 4 aromatic carbocycles. The van der Waals surface area contributed by atoms with Crippen LogP contribution < -0.4 is 19.9 Å². The van der Waals surface area contributed by atoms with E-state index in [9.17, 15) is 5.11 Å². The Balaban J connectivity index is 1.09. The van der Waals surface area contributed by atoms with Crippen LogP contribution in [-0.2, 0) is 19.8 Å². The van der Waals surface area contributed by atoms with E-state index in [-0.39, 0.29) is 25.9 Å². The number of fused-ring (bicyclic) bond motifs is 1. The van der Waals surface area contributed by atoms with Gasteiger partial charge in [0.1, 0.15) is 41.5 Å². The zero-order valence-electron chi connectivity index (χ0n) is 25.3. The topological polar surface area (TPSA) is 116 Å². The van der Waals surface area contributed by atoms with Crippen molar-refractivity contribution in [3.8, 4) is 28.4 Å². The third kappa shape index (κ3) is 7.92. The number of hydrogen-bond donors (Lipinski definition) is 2. The molecule has 240 valence electrons. The van der Waals surface area contributed by atoms with Gasteiger partial charge in [0.15, 0.2) is 0 Å². The monoisotopic (exact) mass is 662 g/mol. The van der Waals surface area contributed by atoms with Gasteiger partial charge in [-0.25, -0.2) is 4.63 Å². The maximum absolute atomic E-state index is 9.71. The molecule has 1 fully saturated rings. The minimum atomic E-state index is -0.155. The first-order valence-electron chi connectivity index (χ1n) is 15.4. The molecule has 0 amide bonds. The molecule has 0 spiro atoms. The number of piperidine rings is 1. The number of ether oxygens (including phenoxy) is 3. The molecule has 0 bridgehead atoms. The number of rotatable bonds is 13. The summed E-state index contributed by atoms with van der Waals surface area (Å²) in [6.07, 6.45) is 2.46. The number of aromatic nitrogens is 2. The predicted molar refractivity (Wildman–Crippen MR) is 178 cm³/mol. The summed E-state index contributed by atoms with van der Waals surface area (Å²) in [5, 5.41) is 18.5. The zero-order chi connectivity index (χ0) is 31.9. The van der Waals surface area contributed by atoms with Gasteiger partial charge in [-0.1, -0.05) is 59.6 Å². The number of aliphatic hydroxyl groups is 1. The van der Waals surface area contributed by atoms with E-state index in [1.165, 1.54) is 0 Å². The lowest BCUT2D eigenvalue weighted by molar-refractivity contribution is 0.0800. The van der Waals surface area contributed by atoms with E-state index in [0.717, 1.165) is 72.5 Å². The molecule has 2 heterocycles. The van der Waals surface area contributed by atoms with Crippen molar-refractivity contribution in [1.82, 2.24) is 15.2 Å². The molecule has 6 rings (SSSR count). The van der Waals surface area contributed by atoms with Crippen LogP contribution in [0.5, 0.6) is 17.2 Å². The maximum atomic E-state index is 9.71. The van der Waals surface area contributed by atoms with Crippen molar-refractivity contribution in [2.45, 2.75) is 45.1 Å². The van der Waals surface area contributed by atoms with Crippen molar-refractivity contribution in [2.24, 2.45) is 5.73 Å². The largest absolute Gasteiger partial charge is 0.494 e. The number of aliphatic hydroxyl groups excluding tert-OH is 1. The Morgan fingerprint density at radius 1 is 0.848 bits per heavy atom. The van der Waals surface area contributed by atoms with Crippen LogP contribution in [0.4, 0.5) is 0 Å². The highest BCUT2D eigenvalue weighted by molar-refractivity contribution is 6.34. The summed E-state index contributed by atoms with van der Waals surface area (Å²) < 4.78 is 23.1. The number of likely N-dealkylation sites (tertiary alicyclic amines) is 1. The van der Waals surface area contributed by atoms with Gasteiger partial charge in [-0.15, -0.1) is 0 Å². The van der Waals surface area contributed by atoms with E-state index in [1.807, 2.05) is 60.7 Å². The fourth-order valence-electron chi connectivity index (χ4n) is 5.50. The zero-order valence-corrected chi connectivity index (χ0v) is 26.8. The van der Waals surface area contributed by atoms with Crippen molar-refractivity contribution >= 4 is 34.2 Å². The van der Waals surface area contributed by atoms with Gasteiger partial charge in [0, 0.05) is 48.9 Å². The van der Waals surface area contributed by atoms with E-state index in [4.69, 9.17) is 47.8 Å². The fraction of sp³-hybridized carbons (Fsp3) is 0.314. The highest BCUT2D eigenvalue weighted by Gasteiger charge is 2.17. The molecule has 9 nitrogen and oxygen atoms in total. The van der Waals surface area contributed by atoms with Gasteiger partial charge in [0.05, 0.1) is 22.8 Å². The smallest absolute Gasteiger partial charge is 0.142 e. The Labute approximate surface area is 277 Å². The molecular weight excluding hydrogens is 627 g/mol. The summed E-state index contributed by atoms with van der Waals surface area (Å²) in [6.45, 7) is 4.20. The first kappa shape index (κ1) is 32.1. The van der Waals surface area contributed by atoms with Gasteiger partial charge in [-0.2, -0.15) is 0 Å². The van der Waals surface area contributed by atoms with Gasteiger partial charge in [-0.3, -0.25) is 0 Å². The molecule has 0 unspecified atom stereocenters. The Bertz CT molecular complexity index is 1770. The molecular formula is C35H36Cl2N4O5. The lowest BCUT2D eigenvalue weighted by Gasteiger charge is -2.29. The van der Waals surface area contributed by atoms with Gasteiger partial charge in [-0.05, 0) is 71.0 Å². The predicted octanol–water partition coefficient (Wildman–Crippen LogP) is 7.04. The summed E-state index contributed by atoms with van der Waals surface area (Å²) in [4.78, 5) is 2.38. The second kappa shape index (κ2) is 15.2. The minimum Gasteiger partial charge on any atom is -0.494 e. The molecule has 0 atom stereocenters. The molecule has 1 saturated heterocycles. The number of benzene rings is 4. The van der Waals surface area contributed by atoms with Crippen LogP contribution in [-0.4, -0.2) is 52.7 Å². The minimum absolute atomic E-state index is 0.155. The SMILES string of the molecule is NCc1cc(Cl)c(OCc2cccc(-c3cccc(OCCCN4CCC(O)CC4)c3)c2Cl)cc1OCc1ccc2nonc2c1. The molecule has 1 aromatic heterocycles. The molecule has 3 N–H and O–H groups in total. The van der Waals surface area contributed by atoms with Crippen molar-refractivity contribution in [3.63, 3.8) is 0 Å². The second-order valence-electron chi connectivity index (χ2n) is 11.3. The van der Waals surface area contributed by atoms with Crippen LogP contribution >= 0.6 is 23.2 Å². The maximum Gasteiger partial charge on any atom is 0.142 e. The number of halogens is 2. The molecule has 0 aliphatic carbocycles. The number of nitrogens with two attached hydrogens (primary N) is 1. The van der Waals surface area contributed by atoms with Gasteiger partial charge in [0.25, 0.3) is 0 Å². The summed E-state index contributed by atoms with van der Waals surface area (Å²) in [7, 11) is 0. The Morgan fingerprint density at radius 2 is 1.65 bits per heavy atom. The Hall–Kier alpha value is -3.86. The quantitative estimate of drug-likeness (QED) is 0.128. The first-order valence-corrected chi connectivity index (χ1v) is 16.1. The third-order valence-corrected chi connectivity index (χ3v) is 8.84. The molecule has 0 saturated carbocycles. The number of nitrogens with zero attached hydrogens (tertiary/aromatic N) is 3. The lowest BCUT2D eigenvalue weighted by Crippen LogP contribution is -2.36. The van der Waals surface area contributed by atoms with Crippen LogP contribution in [0.1, 0.15) is 36.0 Å². The van der Waals surface area contributed by atoms with Crippen molar-refractivity contribution in [1.29, 1.82) is 0 Å². The van der Waals surface area contributed by atoms with E-state index < -0.39 is 0 Å². The van der Waals surface area contributed by atoms with Crippen LogP contribution in [0, 0.1) is 0 Å². The molecule has 0 radical (unpaired) electrons. The Morgan fingerprint density at radius 3 is 2.50 bits per heavy atom. The van der Waals surface area contributed by atoms with E-state index in [1.54, 1.807) is 12.1 Å². The molecule has 11 heteroatoms. The third-order valence-electron chi connectivity index (χ3n) is 8.10. The van der Waals surface area contributed by atoms with E-state index in [0.29, 0.717) is 39.2 Å². The summed E-state index contributed by atoms with van der Waals surface area (Å²) in [5.74, 6) is 1.83. The average molecular weight is 664 g/mol.